The highest BCUT2D eigenvalue weighted by Crippen LogP contribution is 2.33. The molecule has 0 saturated carbocycles. The summed E-state index contributed by atoms with van der Waals surface area (Å²) >= 11 is 0. The van der Waals surface area contributed by atoms with E-state index in [0.717, 1.165) is 12.1 Å². The van der Waals surface area contributed by atoms with E-state index in [9.17, 15) is 13.2 Å². The molecule has 0 heterocycles. The molecule has 0 spiro atoms. The summed E-state index contributed by atoms with van der Waals surface area (Å²) in [5.74, 6) is 1.39. The molecule has 0 radical (unpaired) electrons. The van der Waals surface area contributed by atoms with E-state index in [1.54, 1.807) is 6.92 Å². The molecule has 3 N–H and O–H groups in total. The molecule has 1 rings (SSSR count). The second kappa shape index (κ2) is 5.69. The summed E-state index contributed by atoms with van der Waals surface area (Å²) in [6, 6.07) is 1.23. The number of benzene rings is 1. The van der Waals surface area contributed by atoms with Crippen LogP contribution in [0.1, 0.15) is 31.9 Å². The van der Waals surface area contributed by atoms with Gasteiger partial charge in [0.1, 0.15) is 0 Å². The van der Waals surface area contributed by atoms with Crippen LogP contribution < -0.4 is 11.3 Å². The van der Waals surface area contributed by atoms with Gasteiger partial charge in [-0.3, -0.25) is 5.84 Å². The van der Waals surface area contributed by atoms with E-state index in [2.05, 4.69) is 5.43 Å². The molecule has 6 heteroatoms. The van der Waals surface area contributed by atoms with E-state index in [1.807, 2.05) is 6.92 Å². The van der Waals surface area contributed by atoms with Crippen LogP contribution in [0.3, 0.4) is 0 Å². The maximum Gasteiger partial charge on any atom is 0.194 e. The summed E-state index contributed by atoms with van der Waals surface area (Å²) in [5.41, 5.74) is 1.49. The van der Waals surface area contributed by atoms with E-state index in [1.165, 1.54) is 7.11 Å². The minimum Gasteiger partial charge on any atom is -0.376 e. The van der Waals surface area contributed by atoms with Crippen molar-refractivity contribution >= 4 is 0 Å². The maximum absolute atomic E-state index is 13.7. The Labute approximate surface area is 104 Å². The van der Waals surface area contributed by atoms with Crippen LogP contribution in [0.25, 0.3) is 0 Å². The van der Waals surface area contributed by atoms with Gasteiger partial charge in [-0.15, -0.1) is 0 Å². The number of nitrogens with one attached hydrogen (secondary N) is 1. The molecule has 0 amide bonds. The van der Waals surface area contributed by atoms with Gasteiger partial charge < -0.3 is 4.74 Å². The number of halogens is 3. The predicted molar refractivity (Wildman–Crippen MR) is 62.1 cm³/mol. The van der Waals surface area contributed by atoms with Crippen molar-refractivity contribution in [2.45, 2.75) is 31.9 Å². The lowest BCUT2D eigenvalue weighted by Crippen LogP contribution is -2.46. The third-order valence-electron chi connectivity index (χ3n) is 3.32. The molecule has 0 fully saturated rings. The molecular weight excluding hydrogens is 245 g/mol. The van der Waals surface area contributed by atoms with Gasteiger partial charge >= 0.3 is 0 Å². The van der Waals surface area contributed by atoms with E-state index in [4.69, 9.17) is 10.6 Å². The van der Waals surface area contributed by atoms with Crippen molar-refractivity contribution in [1.82, 2.24) is 5.43 Å². The summed E-state index contributed by atoms with van der Waals surface area (Å²) in [5, 5.41) is 0. The van der Waals surface area contributed by atoms with Crippen LogP contribution in [0.15, 0.2) is 12.1 Å². The predicted octanol–water partition coefficient (Wildman–Crippen LogP) is 2.42. The van der Waals surface area contributed by atoms with Crippen molar-refractivity contribution in [3.63, 3.8) is 0 Å². The number of rotatable bonds is 5. The monoisotopic (exact) mass is 262 g/mol. The van der Waals surface area contributed by atoms with E-state index in [-0.39, 0.29) is 5.56 Å². The van der Waals surface area contributed by atoms with Crippen molar-refractivity contribution < 1.29 is 17.9 Å². The lowest BCUT2D eigenvalue weighted by atomic mass is 9.87. The first-order valence-corrected chi connectivity index (χ1v) is 5.56. The smallest absolute Gasteiger partial charge is 0.194 e. The van der Waals surface area contributed by atoms with Gasteiger partial charge in [0.25, 0.3) is 0 Å². The fraction of sp³-hybridized carbons (Fsp3) is 0.500. The number of hydrogen-bond acceptors (Lipinski definition) is 3. The summed E-state index contributed by atoms with van der Waals surface area (Å²) in [7, 11) is 1.45. The van der Waals surface area contributed by atoms with Gasteiger partial charge in [-0.1, -0.05) is 13.0 Å². The molecular formula is C12H17F3N2O. The Hall–Kier alpha value is -1.11. The average molecular weight is 262 g/mol. The standard InChI is InChI=1S/C12H17F3N2O/c1-4-12(2,18-3)11(17-16)7-5-6-8(13)10(15)9(7)14/h5-6,11,17H,4,16H2,1-3H3. The normalized spacial score (nSPS) is 16.4. The first-order chi connectivity index (χ1) is 8.41. The third-order valence-corrected chi connectivity index (χ3v) is 3.32. The second-order valence-electron chi connectivity index (χ2n) is 4.23. The molecule has 1 aromatic carbocycles. The summed E-state index contributed by atoms with van der Waals surface area (Å²) in [6.07, 6.45) is 0.511. The van der Waals surface area contributed by atoms with Gasteiger partial charge in [-0.25, -0.2) is 18.6 Å². The molecule has 0 aliphatic rings. The first-order valence-electron chi connectivity index (χ1n) is 5.56. The Morgan fingerprint density at radius 1 is 1.33 bits per heavy atom. The number of methoxy groups -OCH3 is 1. The highest BCUT2D eigenvalue weighted by Gasteiger charge is 2.35. The molecule has 2 atom stereocenters. The minimum absolute atomic E-state index is 0.0670. The van der Waals surface area contributed by atoms with Crippen molar-refractivity contribution in [3.05, 3.63) is 35.1 Å². The average Bonchev–Trinajstić information content (AvgIpc) is 2.39. The van der Waals surface area contributed by atoms with E-state index < -0.39 is 29.1 Å². The van der Waals surface area contributed by atoms with Crippen LogP contribution in [-0.4, -0.2) is 12.7 Å². The Kier molecular flexibility index (Phi) is 4.72. The topological polar surface area (TPSA) is 47.3 Å². The van der Waals surface area contributed by atoms with Crippen molar-refractivity contribution in [2.24, 2.45) is 5.84 Å². The minimum atomic E-state index is -1.51. The largest absolute Gasteiger partial charge is 0.376 e. The molecule has 0 aliphatic carbocycles. The fourth-order valence-electron chi connectivity index (χ4n) is 1.83. The highest BCUT2D eigenvalue weighted by molar-refractivity contribution is 5.26. The molecule has 0 saturated heterocycles. The van der Waals surface area contributed by atoms with Crippen LogP contribution in [0.2, 0.25) is 0 Å². The van der Waals surface area contributed by atoms with Crippen LogP contribution >= 0.6 is 0 Å². The molecule has 18 heavy (non-hydrogen) atoms. The highest BCUT2D eigenvalue weighted by atomic mass is 19.2. The fourth-order valence-corrected chi connectivity index (χ4v) is 1.83. The zero-order chi connectivity index (χ0) is 13.9. The van der Waals surface area contributed by atoms with Crippen LogP contribution in [-0.2, 0) is 4.74 Å². The first kappa shape index (κ1) is 14.9. The third kappa shape index (κ3) is 2.50. The SMILES string of the molecule is CCC(C)(OC)C(NN)c1ccc(F)c(F)c1F. The lowest BCUT2D eigenvalue weighted by Gasteiger charge is -2.35. The van der Waals surface area contributed by atoms with Crippen LogP contribution in [0, 0.1) is 17.5 Å². The quantitative estimate of drug-likeness (QED) is 0.486. The molecule has 102 valence electrons. The molecule has 0 bridgehead atoms. The molecule has 2 unspecified atom stereocenters. The Bertz CT molecular complexity index is 422. The number of nitrogens with two attached hydrogens (primary N) is 1. The van der Waals surface area contributed by atoms with Gasteiger partial charge in [0.05, 0.1) is 11.6 Å². The van der Waals surface area contributed by atoms with Crippen LogP contribution in [0.5, 0.6) is 0 Å². The number of hydrogen-bond donors (Lipinski definition) is 2. The molecule has 0 aromatic heterocycles. The van der Waals surface area contributed by atoms with Gasteiger partial charge in [0.15, 0.2) is 17.5 Å². The summed E-state index contributed by atoms with van der Waals surface area (Å²) < 4.78 is 45.1. The Morgan fingerprint density at radius 2 is 1.94 bits per heavy atom. The molecule has 0 aliphatic heterocycles. The van der Waals surface area contributed by atoms with Crippen molar-refractivity contribution in [3.8, 4) is 0 Å². The van der Waals surface area contributed by atoms with E-state index in [0.29, 0.717) is 6.42 Å². The molecule has 3 nitrogen and oxygen atoms in total. The Balaban J connectivity index is 3.30. The lowest BCUT2D eigenvalue weighted by molar-refractivity contribution is -0.0311. The van der Waals surface area contributed by atoms with Gasteiger partial charge in [0, 0.05) is 12.7 Å². The molecule has 1 aromatic rings. The number of hydrazine groups is 1. The second-order valence-corrected chi connectivity index (χ2v) is 4.23. The zero-order valence-corrected chi connectivity index (χ0v) is 10.6. The van der Waals surface area contributed by atoms with Crippen molar-refractivity contribution in [2.75, 3.05) is 7.11 Å². The van der Waals surface area contributed by atoms with Gasteiger partial charge in [0.2, 0.25) is 0 Å². The van der Waals surface area contributed by atoms with Gasteiger partial charge in [-0.05, 0) is 19.4 Å². The Morgan fingerprint density at radius 3 is 2.39 bits per heavy atom. The summed E-state index contributed by atoms with van der Waals surface area (Å²) in [4.78, 5) is 0. The maximum atomic E-state index is 13.7. The van der Waals surface area contributed by atoms with Gasteiger partial charge in [-0.2, -0.15) is 0 Å². The summed E-state index contributed by atoms with van der Waals surface area (Å²) in [6.45, 7) is 3.53. The zero-order valence-electron chi connectivity index (χ0n) is 10.6. The van der Waals surface area contributed by atoms with Crippen molar-refractivity contribution in [1.29, 1.82) is 0 Å². The number of ether oxygens (including phenoxy) is 1. The van der Waals surface area contributed by atoms with E-state index >= 15 is 0 Å². The van der Waals surface area contributed by atoms with Crippen LogP contribution in [0.4, 0.5) is 13.2 Å².